The van der Waals surface area contributed by atoms with Gasteiger partial charge in [0.25, 0.3) is 0 Å². The number of aryl methyl sites for hydroxylation is 1. The standard InChI is InChI=1S/C12H20N2OS/c1-3-9-7-13-12(16-9)8(2)14-10-5-4-6-11(10)15/h7-8,10-11,14-15H,3-6H2,1-2H3/t8?,10-,11-/m1/s1. The molecule has 1 fully saturated rings. The second-order valence-electron chi connectivity index (χ2n) is 4.51. The third kappa shape index (κ3) is 2.62. The lowest BCUT2D eigenvalue weighted by atomic mass is 10.2. The van der Waals surface area contributed by atoms with Crippen LogP contribution >= 0.6 is 11.3 Å². The summed E-state index contributed by atoms with van der Waals surface area (Å²) in [6, 6.07) is 0.507. The van der Waals surface area contributed by atoms with Crippen molar-refractivity contribution in [1.29, 1.82) is 0 Å². The number of thiazole rings is 1. The number of nitrogens with zero attached hydrogens (tertiary/aromatic N) is 1. The summed E-state index contributed by atoms with van der Waals surface area (Å²) in [7, 11) is 0. The third-order valence-electron chi connectivity index (χ3n) is 3.23. The van der Waals surface area contributed by atoms with Gasteiger partial charge in [0, 0.05) is 17.1 Å². The van der Waals surface area contributed by atoms with E-state index in [1.807, 2.05) is 6.20 Å². The van der Waals surface area contributed by atoms with Crippen LogP contribution in [0.25, 0.3) is 0 Å². The van der Waals surface area contributed by atoms with Crippen molar-refractivity contribution in [3.8, 4) is 0 Å². The summed E-state index contributed by atoms with van der Waals surface area (Å²) < 4.78 is 0. The number of aromatic nitrogens is 1. The molecule has 16 heavy (non-hydrogen) atoms. The van der Waals surface area contributed by atoms with E-state index in [0.29, 0.717) is 0 Å². The lowest BCUT2D eigenvalue weighted by Gasteiger charge is -2.20. The van der Waals surface area contributed by atoms with E-state index in [-0.39, 0.29) is 18.2 Å². The van der Waals surface area contributed by atoms with Crippen molar-refractivity contribution in [2.45, 2.75) is 57.7 Å². The minimum atomic E-state index is -0.173. The Bertz CT molecular complexity index is 340. The molecule has 3 atom stereocenters. The maximum Gasteiger partial charge on any atom is 0.109 e. The molecule has 1 aliphatic carbocycles. The molecule has 0 aromatic carbocycles. The number of aliphatic hydroxyl groups excluding tert-OH is 1. The van der Waals surface area contributed by atoms with Gasteiger partial charge in [-0.1, -0.05) is 6.92 Å². The molecule has 90 valence electrons. The van der Waals surface area contributed by atoms with Crippen molar-refractivity contribution in [3.63, 3.8) is 0 Å². The number of hydrogen-bond donors (Lipinski definition) is 2. The van der Waals surface area contributed by atoms with Crippen molar-refractivity contribution >= 4 is 11.3 Å². The molecule has 0 saturated heterocycles. The fourth-order valence-electron chi connectivity index (χ4n) is 2.21. The Labute approximate surface area is 101 Å². The van der Waals surface area contributed by atoms with E-state index in [4.69, 9.17) is 0 Å². The van der Waals surface area contributed by atoms with Crippen LogP contribution in [0.2, 0.25) is 0 Å². The normalized spacial score (nSPS) is 27.2. The van der Waals surface area contributed by atoms with Crippen molar-refractivity contribution in [3.05, 3.63) is 16.1 Å². The van der Waals surface area contributed by atoms with Crippen molar-refractivity contribution < 1.29 is 5.11 Å². The van der Waals surface area contributed by atoms with Gasteiger partial charge in [0.05, 0.1) is 12.1 Å². The highest BCUT2D eigenvalue weighted by atomic mass is 32.1. The topological polar surface area (TPSA) is 45.2 Å². The van der Waals surface area contributed by atoms with E-state index in [2.05, 4.69) is 24.1 Å². The van der Waals surface area contributed by atoms with Crippen LogP contribution in [0.5, 0.6) is 0 Å². The fourth-order valence-corrected chi connectivity index (χ4v) is 3.08. The molecule has 4 heteroatoms. The van der Waals surface area contributed by atoms with Gasteiger partial charge in [-0.3, -0.25) is 0 Å². The van der Waals surface area contributed by atoms with Gasteiger partial charge in [-0.2, -0.15) is 0 Å². The molecule has 1 aromatic heterocycles. The predicted molar refractivity (Wildman–Crippen MR) is 66.7 cm³/mol. The Hall–Kier alpha value is -0.450. The van der Waals surface area contributed by atoms with Crippen LogP contribution in [-0.2, 0) is 6.42 Å². The molecule has 1 heterocycles. The number of rotatable bonds is 4. The molecular formula is C12H20N2OS. The summed E-state index contributed by atoms with van der Waals surface area (Å²) in [6.45, 7) is 4.28. The van der Waals surface area contributed by atoms with Crippen LogP contribution in [0.1, 0.15) is 49.0 Å². The minimum absolute atomic E-state index is 0.173. The van der Waals surface area contributed by atoms with E-state index < -0.39 is 0 Å². The second-order valence-corrected chi connectivity index (χ2v) is 5.66. The van der Waals surface area contributed by atoms with Crippen LogP contribution in [0.15, 0.2) is 6.20 Å². The molecule has 1 aromatic rings. The summed E-state index contributed by atoms with van der Waals surface area (Å²) in [5.41, 5.74) is 0. The lowest BCUT2D eigenvalue weighted by molar-refractivity contribution is 0.144. The maximum atomic E-state index is 9.76. The minimum Gasteiger partial charge on any atom is -0.392 e. The Morgan fingerprint density at radius 3 is 3.00 bits per heavy atom. The Balaban J connectivity index is 1.94. The van der Waals surface area contributed by atoms with Crippen LogP contribution in [-0.4, -0.2) is 22.2 Å². The Morgan fingerprint density at radius 2 is 2.44 bits per heavy atom. The highest BCUT2D eigenvalue weighted by Gasteiger charge is 2.27. The SMILES string of the molecule is CCc1cnc(C(C)N[C@@H]2CCC[C@H]2O)s1. The second kappa shape index (κ2) is 5.25. The largest absolute Gasteiger partial charge is 0.392 e. The van der Waals surface area contributed by atoms with Crippen LogP contribution < -0.4 is 5.32 Å². The first-order valence-corrected chi connectivity index (χ1v) is 6.91. The summed E-state index contributed by atoms with van der Waals surface area (Å²) >= 11 is 1.77. The highest BCUT2D eigenvalue weighted by molar-refractivity contribution is 7.11. The Kier molecular flexibility index (Phi) is 3.95. The smallest absolute Gasteiger partial charge is 0.109 e. The molecule has 3 nitrogen and oxygen atoms in total. The molecule has 0 amide bonds. The van der Waals surface area contributed by atoms with Crippen molar-refractivity contribution in [1.82, 2.24) is 10.3 Å². The van der Waals surface area contributed by atoms with Crippen LogP contribution in [0, 0.1) is 0 Å². The first-order chi connectivity index (χ1) is 7.70. The van der Waals surface area contributed by atoms with Crippen molar-refractivity contribution in [2.24, 2.45) is 0 Å². The zero-order chi connectivity index (χ0) is 11.5. The van der Waals surface area contributed by atoms with Crippen molar-refractivity contribution in [2.75, 3.05) is 0 Å². The molecule has 1 unspecified atom stereocenters. The number of nitrogens with one attached hydrogen (secondary N) is 1. The molecule has 1 saturated carbocycles. The molecule has 0 bridgehead atoms. The van der Waals surface area contributed by atoms with Gasteiger partial charge in [0.1, 0.15) is 5.01 Å². The quantitative estimate of drug-likeness (QED) is 0.848. The molecule has 0 spiro atoms. The predicted octanol–water partition coefficient (Wildman–Crippen LogP) is 2.27. The maximum absolute atomic E-state index is 9.76. The first kappa shape index (κ1) is 12.0. The number of hydrogen-bond acceptors (Lipinski definition) is 4. The fraction of sp³-hybridized carbons (Fsp3) is 0.750. The molecule has 2 rings (SSSR count). The summed E-state index contributed by atoms with van der Waals surface area (Å²) in [5, 5.41) is 14.4. The monoisotopic (exact) mass is 240 g/mol. The van der Waals surface area contributed by atoms with Gasteiger partial charge in [-0.15, -0.1) is 11.3 Å². The molecular weight excluding hydrogens is 220 g/mol. The first-order valence-electron chi connectivity index (χ1n) is 6.09. The van der Waals surface area contributed by atoms with Gasteiger partial charge in [0.15, 0.2) is 0 Å². The van der Waals surface area contributed by atoms with Crippen LogP contribution in [0.3, 0.4) is 0 Å². The van der Waals surface area contributed by atoms with E-state index in [1.54, 1.807) is 11.3 Å². The van der Waals surface area contributed by atoms with Gasteiger partial charge in [0.2, 0.25) is 0 Å². The van der Waals surface area contributed by atoms with Gasteiger partial charge in [-0.25, -0.2) is 4.98 Å². The van der Waals surface area contributed by atoms with Gasteiger partial charge >= 0.3 is 0 Å². The summed E-state index contributed by atoms with van der Waals surface area (Å²) in [5.74, 6) is 0. The number of aliphatic hydroxyl groups is 1. The van der Waals surface area contributed by atoms with E-state index >= 15 is 0 Å². The molecule has 0 aliphatic heterocycles. The zero-order valence-electron chi connectivity index (χ0n) is 9.94. The summed E-state index contributed by atoms with van der Waals surface area (Å²) in [6.07, 6.45) is 5.98. The zero-order valence-corrected chi connectivity index (χ0v) is 10.8. The lowest BCUT2D eigenvalue weighted by Crippen LogP contribution is -2.37. The van der Waals surface area contributed by atoms with E-state index in [0.717, 1.165) is 30.7 Å². The van der Waals surface area contributed by atoms with E-state index in [1.165, 1.54) is 4.88 Å². The molecule has 0 radical (unpaired) electrons. The third-order valence-corrected chi connectivity index (χ3v) is 4.56. The van der Waals surface area contributed by atoms with Gasteiger partial charge < -0.3 is 10.4 Å². The molecule has 2 N–H and O–H groups in total. The average molecular weight is 240 g/mol. The van der Waals surface area contributed by atoms with E-state index in [9.17, 15) is 5.11 Å². The van der Waals surface area contributed by atoms with Crippen LogP contribution in [0.4, 0.5) is 0 Å². The highest BCUT2D eigenvalue weighted by Crippen LogP contribution is 2.25. The average Bonchev–Trinajstić information content (AvgIpc) is 2.88. The Morgan fingerprint density at radius 1 is 1.62 bits per heavy atom. The molecule has 1 aliphatic rings. The summed E-state index contributed by atoms with van der Waals surface area (Å²) in [4.78, 5) is 5.76. The van der Waals surface area contributed by atoms with Gasteiger partial charge in [-0.05, 0) is 32.6 Å².